The molecule has 31 heavy (non-hydrogen) atoms. The lowest BCUT2D eigenvalue weighted by Gasteiger charge is -2.13. The second kappa shape index (κ2) is 8.66. The van der Waals surface area contributed by atoms with Gasteiger partial charge < -0.3 is 13.9 Å². The van der Waals surface area contributed by atoms with Crippen LogP contribution in [0.1, 0.15) is 21.5 Å². The molecule has 4 rings (SSSR count). The van der Waals surface area contributed by atoms with Crippen molar-refractivity contribution < 1.29 is 18.7 Å². The average molecular weight is 435 g/mol. The molecule has 1 heterocycles. The van der Waals surface area contributed by atoms with Crippen LogP contribution in [-0.2, 0) is 11.3 Å². The van der Waals surface area contributed by atoms with Gasteiger partial charge in [-0.15, -0.1) is 0 Å². The molecule has 1 aromatic heterocycles. The Morgan fingerprint density at radius 2 is 1.74 bits per heavy atom. The lowest BCUT2D eigenvalue weighted by Crippen LogP contribution is -2.10. The van der Waals surface area contributed by atoms with Gasteiger partial charge in [0, 0.05) is 10.6 Å². The van der Waals surface area contributed by atoms with Crippen molar-refractivity contribution in [3.05, 3.63) is 98.7 Å². The third-order valence-electron chi connectivity index (χ3n) is 4.92. The number of esters is 1. The fraction of sp³-hybridized carbons (Fsp3) is 0.120. The maximum Gasteiger partial charge on any atom is 0.337 e. The van der Waals surface area contributed by atoms with Crippen LogP contribution in [0.15, 0.2) is 75.9 Å². The molecule has 0 atom stereocenters. The van der Waals surface area contributed by atoms with Gasteiger partial charge in [-0.3, -0.25) is 4.79 Å². The van der Waals surface area contributed by atoms with E-state index in [1.807, 2.05) is 37.3 Å². The second-order valence-electron chi connectivity index (χ2n) is 7.03. The molecule has 3 aromatic carbocycles. The van der Waals surface area contributed by atoms with Gasteiger partial charge in [-0.05, 0) is 42.3 Å². The van der Waals surface area contributed by atoms with Gasteiger partial charge in [0.2, 0.25) is 11.2 Å². The summed E-state index contributed by atoms with van der Waals surface area (Å²) in [4.78, 5) is 24.9. The van der Waals surface area contributed by atoms with Gasteiger partial charge in [0.05, 0.1) is 18.1 Å². The number of carbonyl (C=O) groups is 1. The third-order valence-corrected chi connectivity index (χ3v) is 5.33. The van der Waals surface area contributed by atoms with Crippen LogP contribution in [0, 0.1) is 6.92 Å². The summed E-state index contributed by atoms with van der Waals surface area (Å²) in [5.74, 6) is 0.0443. The van der Waals surface area contributed by atoms with Gasteiger partial charge in [0.25, 0.3) is 0 Å². The van der Waals surface area contributed by atoms with E-state index >= 15 is 0 Å². The van der Waals surface area contributed by atoms with Crippen LogP contribution in [0.25, 0.3) is 22.3 Å². The molecule has 0 saturated carbocycles. The smallest absolute Gasteiger partial charge is 0.337 e. The highest BCUT2D eigenvalue weighted by atomic mass is 35.5. The zero-order chi connectivity index (χ0) is 22.0. The number of hydrogen-bond acceptors (Lipinski definition) is 5. The number of benzene rings is 3. The van der Waals surface area contributed by atoms with Crippen molar-refractivity contribution in [2.75, 3.05) is 7.11 Å². The quantitative estimate of drug-likeness (QED) is 0.372. The van der Waals surface area contributed by atoms with E-state index in [0.29, 0.717) is 27.3 Å². The number of halogens is 1. The summed E-state index contributed by atoms with van der Waals surface area (Å²) in [5, 5.41) is 0.836. The molecule has 0 spiro atoms. The van der Waals surface area contributed by atoms with Crippen molar-refractivity contribution in [1.29, 1.82) is 0 Å². The number of carbonyl (C=O) groups excluding carboxylic acids is 1. The van der Waals surface area contributed by atoms with E-state index in [9.17, 15) is 9.59 Å². The maximum atomic E-state index is 13.3. The summed E-state index contributed by atoms with van der Waals surface area (Å²) in [5.41, 5.74) is 2.91. The Hall–Kier alpha value is -3.57. The Balaban J connectivity index is 1.76. The third kappa shape index (κ3) is 4.18. The van der Waals surface area contributed by atoms with Crippen LogP contribution in [0.5, 0.6) is 5.75 Å². The zero-order valence-electron chi connectivity index (χ0n) is 17.0. The lowest BCUT2D eigenvalue weighted by atomic mass is 10.1. The van der Waals surface area contributed by atoms with Gasteiger partial charge in [-0.1, -0.05) is 54.1 Å². The van der Waals surface area contributed by atoms with Crippen LogP contribution in [-0.4, -0.2) is 13.1 Å². The fourth-order valence-electron chi connectivity index (χ4n) is 3.22. The first-order chi connectivity index (χ1) is 15.0. The van der Waals surface area contributed by atoms with Crippen LogP contribution in [0.3, 0.4) is 0 Å². The predicted octanol–water partition coefficient (Wildman–Crippen LogP) is 5.79. The maximum absolute atomic E-state index is 13.3. The molecule has 156 valence electrons. The number of rotatable bonds is 5. The zero-order valence-corrected chi connectivity index (χ0v) is 17.7. The Labute approximate surface area is 183 Å². The second-order valence-corrected chi connectivity index (χ2v) is 7.44. The van der Waals surface area contributed by atoms with Crippen LogP contribution < -0.4 is 10.2 Å². The standard InChI is InChI=1S/C25H19ClO5/c1-15-12-21-19(13-20(15)26)22(27)24(23(31-21)17-6-4-3-5-7-17)30-14-16-8-10-18(11-9-16)25(28)29-2/h3-13H,14H2,1-2H3. The van der Waals surface area contributed by atoms with Crippen molar-refractivity contribution in [3.63, 3.8) is 0 Å². The first-order valence-electron chi connectivity index (χ1n) is 9.60. The number of methoxy groups -OCH3 is 1. The van der Waals surface area contributed by atoms with Crippen molar-refractivity contribution in [1.82, 2.24) is 0 Å². The van der Waals surface area contributed by atoms with E-state index in [0.717, 1.165) is 16.7 Å². The Kier molecular flexibility index (Phi) is 5.78. The molecule has 0 aliphatic carbocycles. The minimum Gasteiger partial charge on any atom is -0.481 e. The summed E-state index contributed by atoms with van der Waals surface area (Å²) in [6, 6.07) is 19.5. The highest BCUT2D eigenvalue weighted by Crippen LogP contribution is 2.33. The number of fused-ring (bicyclic) bond motifs is 1. The van der Waals surface area contributed by atoms with Crippen molar-refractivity contribution in [3.8, 4) is 17.1 Å². The van der Waals surface area contributed by atoms with E-state index in [2.05, 4.69) is 0 Å². The molecule has 0 aliphatic rings. The first kappa shape index (κ1) is 20.7. The van der Waals surface area contributed by atoms with Gasteiger partial charge >= 0.3 is 5.97 Å². The minimum atomic E-state index is -0.416. The number of ether oxygens (including phenoxy) is 2. The largest absolute Gasteiger partial charge is 0.481 e. The van der Waals surface area contributed by atoms with Gasteiger partial charge in [0.15, 0.2) is 5.76 Å². The van der Waals surface area contributed by atoms with E-state index in [1.54, 1.807) is 36.4 Å². The molecule has 0 aliphatic heterocycles. The van der Waals surface area contributed by atoms with Gasteiger partial charge in [-0.25, -0.2) is 4.79 Å². The Morgan fingerprint density at radius 1 is 1.03 bits per heavy atom. The molecule has 0 bridgehead atoms. The van der Waals surface area contributed by atoms with E-state index in [4.69, 9.17) is 25.5 Å². The topological polar surface area (TPSA) is 65.7 Å². The van der Waals surface area contributed by atoms with E-state index in [1.165, 1.54) is 7.11 Å². The summed E-state index contributed by atoms with van der Waals surface area (Å²) in [6.45, 7) is 1.98. The molecule has 0 fully saturated rings. The molecule has 0 saturated heterocycles. The molecule has 0 amide bonds. The van der Waals surface area contributed by atoms with E-state index in [-0.39, 0.29) is 17.8 Å². The molecule has 5 nitrogen and oxygen atoms in total. The molecular weight excluding hydrogens is 416 g/mol. The normalized spacial score (nSPS) is 10.8. The molecule has 6 heteroatoms. The van der Waals surface area contributed by atoms with Gasteiger partial charge in [0.1, 0.15) is 12.2 Å². The van der Waals surface area contributed by atoms with Crippen molar-refractivity contribution in [2.45, 2.75) is 13.5 Å². The summed E-state index contributed by atoms with van der Waals surface area (Å²) in [7, 11) is 1.33. The fourth-order valence-corrected chi connectivity index (χ4v) is 3.38. The first-order valence-corrected chi connectivity index (χ1v) is 9.98. The molecular formula is C25H19ClO5. The van der Waals surface area contributed by atoms with Crippen molar-refractivity contribution >= 4 is 28.5 Å². The summed E-state index contributed by atoms with van der Waals surface area (Å²) >= 11 is 6.23. The highest BCUT2D eigenvalue weighted by Gasteiger charge is 2.19. The summed E-state index contributed by atoms with van der Waals surface area (Å²) in [6.07, 6.45) is 0. The van der Waals surface area contributed by atoms with Crippen LogP contribution in [0.2, 0.25) is 5.02 Å². The molecule has 0 unspecified atom stereocenters. The molecule has 4 aromatic rings. The van der Waals surface area contributed by atoms with Crippen LogP contribution in [0.4, 0.5) is 0 Å². The molecule has 0 N–H and O–H groups in total. The van der Waals surface area contributed by atoms with E-state index < -0.39 is 5.97 Å². The number of hydrogen-bond donors (Lipinski definition) is 0. The highest BCUT2D eigenvalue weighted by molar-refractivity contribution is 6.32. The lowest BCUT2D eigenvalue weighted by molar-refractivity contribution is 0.0600. The van der Waals surface area contributed by atoms with Gasteiger partial charge in [-0.2, -0.15) is 0 Å². The average Bonchev–Trinajstić information content (AvgIpc) is 2.80. The Bertz CT molecular complexity index is 1310. The van der Waals surface area contributed by atoms with Crippen molar-refractivity contribution in [2.24, 2.45) is 0 Å². The summed E-state index contributed by atoms with van der Waals surface area (Å²) < 4.78 is 16.8. The molecule has 0 radical (unpaired) electrons. The predicted molar refractivity (Wildman–Crippen MR) is 120 cm³/mol. The number of aryl methyl sites for hydroxylation is 1. The monoisotopic (exact) mass is 434 g/mol. The van der Waals surface area contributed by atoms with Crippen LogP contribution >= 0.6 is 11.6 Å². The minimum absolute atomic E-state index is 0.107. The SMILES string of the molecule is COC(=O)c1ccc(COc2c(-c3ccccc3)oc3cc(C)c(Cl)cc3c2=O)cc1. The Morgan fingerprint density at radius 3 is 2.42 bits per heavy atom.